The van der Waals surface area contributed by atoms with Gasteiger partial charge < -0.3 is 5.32 Å². The number of benzene rings is 1. The molecular weight excluding hydrogens is 246 g/mol. The molecule has 0 saturated carbocycles. The van der Waals surface area contributed by atoms with E-state index in [1.54, 1.807) is 31.2 Å². The molecule has 0 bridgehead atoms. The van der Waals surface area contributed by atoms with Crippen LogP contribution in [0.25, 0.3) is 0 Å². The van der Waals surface area contributed by atoms with Gasteiger partial charge in [-0.1, -0.05) is 6.07 Å². The maximum absolute atomic E-state index is 10.9. The van der Waals surface area contributed by atoms with Crippen LogP contribution in [0.15, 0.2) is 29.5 Å². The highest BCUT2D eigenvalue weighted by atomic mass is 16.6. The smallest absolute Gasteiger partial charge is 0.292 e. The number of anilines is 1. The number of hydrogen-bond acceptors (Lipinski definition) is 6. The lowest BCUT2D eigenvalue weighted by Crippen LogP contribution is -2.03. The Morgan fingerprint density at radius 2 is 1.89 bits per heavy atom. The molecule has 0 radical (unpaired) electrons. The lowest BCUT2D eigenvalue weighted by Gasteiger charge is -2.06. The zero-order valence-corrected chi connectivity index (χ0v) is 9.84. The van der Waals surface area contributed by atoms with Crippen LogP contribution in [0.4, 0.5) is 11.4 Å². The van der Waals surface area contributed by atoms with E-state index in [1.165, 1.54) is 12.1 Å². The summed E-state index contributed by atoms with van der Waals surface area (Å²) in [4.78, 5) is 10.3. The summed E-state index contributed by atoms with van der Waals surface area (Å²) < 4.78 is 0. The van der Waals surface area contributed by atoms with E-state index >= 15 is 0 Å². The van der Waals surface area contributed by atoms with Gasteiger partial charge in [-0.15, -0.1) is 0 Å². The number of nitrogens with zero attached hydrogens (tertiary/aromatic N) is 4. The molecule has 0 unspecified atom stereocenters. The molecule has 1 rings (SSSR count). The first-order chi connectivity index (χ1) is 9.03. The fourth-order valence-corrected chi connectivity index (χ4v) is 1.32. The van der Waals surface area contributed by atoms with Gasteiger partial charge in [0.1, 0.15) is 29.6 Å². The van der Waals surface area contributed by atoms with Gasteiger partial charge in [0.05, 0.1) is 4.92 Å². The number of aryl methyl sites for hydroxylation is 1. The van der Waals surface area contributed by atoms with Crippen molar-refractivity contribution in [1.82, 2.24) is 0 Å². The average Bonchev–Trinajstić information content (AvgIpc) is 2.40. The van der Waals surface area contributed by atoms with Crippen molar-refractivity contribution in [3.8, 4) is 18.2 Å². The van der Waals surface area contributed by atoms with E-state index < -0.39 is 10.5 Å². The standard InChI is InChI=1S/C12H7N5O2/c1-8-2-3-10(12(4-8)17(18)19)16-11(7-15)9(5-13)6-14/h2-4,16H,1H3. The molecule has 1 N–H and O–H groups in total. The molecule has 0 aromatic heterocycles. The van der Waals surface area contributed by atoms with Gasteiger partial charge in [0.2, 0.25) is 0 Å². The minimum atomic E-state index is -0.608. The summed E-state index contributed by atoms with van der Waals surface area (Å²) in [5, 5.41) is 39.5. The van der Waals surface area contributed by atoms with E-state index in [4.69, 9.17) is 15.8 Å². The molecule has 7 heteroatoms. The highest BCUT2D eigenvalue weighted by molar-refractivity contribution is 5.68. The maximum Gasteiger partial charge on any atom is 0.292 e. The largest absolute Gasteiger partial charge is 0.340 e. The number of nitro groups is 1. The lowest BCUT2D eigenvalue weighted by atomic mass is 10.1. The molecule has 0 aliphatic rings. The van der Waals surface area contributed by atoms with Crippen LogP contribution < -0.4 is 5.32 Å². The van der Waals surface area contributed by atoms with E-state index in [-0.39, 0.29) is 17.1 Å². The van der Waals surface area contributed by atoms with Gasteiger partial charge in [-0.25, -0.2) is 0 Å². The fourth-order valence-electron chi connectivity index (χ4n) is 1.32. The summed E-state index contributed by atoms with van der Waals surface area (Å²) in [5.41, 5.74) is -0.256. The van der Waals surface area contributed by atoms with Crippen LogP contribution in [-0.4, -0.2) is 4.92 Å². The molecule has 0 fully saturated rings. The Hall–Kier alpha value is -3.37. The van der Waals surface area contributed by atoms with Crippen molar-refractivity contribution in [3.05, 3.63) is 45.1 Å². The Kier molecular flexibility index (Phi) is 4.19. The van der Waals surface area contributed by atoms with E-state index in [0.717, 1.165) is 0 Å². The molecule has 7 nitrogen and oxygen atoms in total. The topological polar surface area (TPSA) is 127 Å². The van der Waals surface area contributed by atoms with Crippen LogP contribution in [0.2, 0.25) is 0 Å². The van der Waals surface area contributed by atoms with Gasteiger partial charge in [-0.3, -0.25) is 10.1 Å². The summed E-state index contributed by atoms with van der Waals surface area (Å²) in [7, 11) is 0. The normalized spacial score (nSPS) is 8.53. The number of rotatable bonds is 3. The number of nitrogens with one attached hydrogen (secondary N) is 1. The molecule has 0 saturated heterocycles. The molecule has 92 valence electrons. The van der Waals surface area contributed by atoms with Gasteiger partial charge in [-0.05, 0) is 18.6 Å². The van der Waals surface area contributed by atoms with Crippen LogP contribution in [0.1, 0.15) is 5.56 Å². The summed E-state index contributed by atoms with van der Waals surface area (Å²) in [6.45, 7) is 1.69. The molecule has 0 amide bonds. The van der Waals surface area contributed by atoms with Crippen LogP contribution in [0.3, 0.4) is 0 Å². The maximum atomic E-state index is 10.9. The first kappa shape index (κ1) is 13.7. The van der Waals surface area contributed by atoms with Crippen LogP contribution in [-0.2, 0) is 0 Å². The zero-order valence-electron chi connectivity index (χ0n) is 9.84. The second kappa shape index (κ2) is 5.81. The van der Waals surface area contributed by atoms with Gasteiger partial charge in [-0.2, -0.15) is 15.8 Å². The van der Waals surface area contributed by atoms with Crippen LogP contribution in [0.5, 0.6) is 0 Å². The quantitative estimate of drug-likeness (QED) is 0.499. The first-order valence-corrected chi connectivity index (χ1v) is 5.00. The molecule has 0 atom stereocenters. The molecule has 19 heavy (non-hydrogen) atoms. The first-order valence-electron chi connectivity index (χ1n) is 5.00. The highest BCUT2D eigenvalue weighted by Gasteiger charge is 2.16. The van der Waals surface area contributed by atoms with Crippen molar-refractivity contribution in [1.29, 1.82) is 15.8 Å². The predicted octanol–water partition coefficient (Wildman–Crippen LogP) is 2.14. The Balaban J connectivity index is 3.32. The van der Waals surface area contributed by atoms with Crippen molar-refractivity contribution in [2.24, 2.45) is 0 Å². The molecule has 0 aliphatic heterocycles. The van der Waals surface area contributed by atoms with Crippen LogP contribution in [0, 0.1) is 51.0 Å². The van der Waals surface area contributed by atoms with E-state index in [0.29, 0.717) is 5.56 Å². The summed E-state index contributed by atoms with van der Waals surface area (Å²) in [6, 6.07) is 9.08. The second-order valence-corrected chi connectivity index (χ2v) is 3.49. The van der Waals surface area contributed by atoms with Crippen molar-refractivity contribution in [3.63, 3.8) is 0 Å². The summed E-state index contributed by atoms with van der Waals surface area (Å²) in [6.07, 6.45) is 0. The second-order valence-electron chi connectivity index (χ2n) is 3.49. The third-order valence-corrected chi connectivity index (χ3v) is 2.20. The van der Waals surface area contributed by atoms with Crippen LogP contribution >= 0.6 is 0 Å². The third-order valence-electron chi connectivity index (χ3n) is 2.20. The number of allylic oxidation sites excluding steroid dienone is 2. The van der Waals surface area contributed by atoms with Crippen molar-refractivity contribution < 1.29 is 4.92 Å². The molecular formula is C12H7N5O2. The molecule has 1 aromatic carbocycles. The Morgan fingerprint density at radius 1 is 1.26 bits per heavy atom. The molecule has 0 spiro atoms. The lowest BCUT2D eigenvalue weighted by molar-refractivity contribution is -0.384. The zero-order chi connectivity index (χ0) is 14.4. The minimum absolute atomic E-state index is 0.0511. The van der Waals surface area contributed by atoms with Gasteiger partial charge in [0.15, 0.2) is 5.57 Å². The SMILES string of the molecule is Cc1ccc(NC(C#N)=C(C#N)C#N)c([N+](=O)[O-])c1. The van der Waals surface area contributed by atoms with Gasteiger partial charge in [0, 0.05) is 6.07 Å². The van der Waals surface area contributed by atoms with Crippen molar-refractivity contribution in [2.45, 2.75) is 6.92 Å². The minimum Gasteiger partial charge on any atom is -0.340 e. The number of hydrogen-bond donors (Lipinski definition) is 1. The highest BCUT2D eigenvalue weighted by Crippen LogP contribution is 2.26. The number of nitro benzene ring substituents is 1. The average molecular weight is 253 g/mol. The van der Waals surface area contributed by atoms with E-state index in [2.05, 4.69) is 5.32 Å². The molecule has 1 aromatic rings. The number of nitriles is 3. The molecule has 0 aliphatic carbocycles. The van der Waals surface area contributed by atoms with Crippen molar-refractivity contribution in [2.75, 3.05) is 5.32 Å². The van der Waals surface area contributed by atoms with E-state index in [1.807, 2.05) is 0 Å². The van der Waals surface area contributed by atoms with Gasteiger partial charge in [0.25, 0.3) is 5.69 Å². The van der Waals surface area contributed by atoms with E-state index in [9.17, 15) is 10.1 Å². The Bertz CT molecular complexity index is 670. The Labute approximate surface area is 108 Å². The summed E-state index contributed by atoms with van der Waals surface area (Å²) >= 11 is 0. The monoisotopic (exact) mass is 253 g/mol. The fraction of sp³-hybridized carbons (Fsp3) is 0.0833. The van der Waals surface area contributed by atoms with Crippen molar-refractivity contribution >= 4 is 11.4 Å². The predicted molar refractivity (Wildman–Crippen MR) is 65.3 cm³/mol. The summed E-state index contributed by atoms with van der Waals surface area (Å²) in [5.74, 6) is 0. The molecule has 0 heterocycles. The Morgan fingerprint density at radius 3 is 2.37 bits per heavy atom. The third kappa shape index (κ3) is 3.06. The van der Waals surface area contributed by atoms with Gasteiger partial charge >= 0.3 is 0 Å².